The first kappa shape index (κ1) is 23.5. The van der Waals surface area contributed by atoms with E-state index in [0.717, 1.165) is 6.54 Å². The average Bonchev–Trinajstić information content (AvgIpc) is 2.46. The summed E-state index contributed by atoms with van der Waals surface area (Å²) in [7, 11) is 0. The van der Waals surface area contributed by atoms with Gasteiger partial charge in [-0.2, -0.15) is 0 Å². The van der Waals surface area contributed by atoms with E-state index in [4.69, 9.17) is 5.11 Å². The minimum absolute atomic E-state index is 0. The second-order valence-corrected chi connectivity index (χ2v) is 6.26. The molecule has 0 saturated heterocycles. The minimum Gasteiger partial charge on any atom is -0.395 e. The number of hydrogen-bond donors (Lipinski definition) is 2. The molecule has 2 N–H and O–H groups in total. The third kappa shape index (κ3) is 20.2. The molecule has 0 spiro atoms. The molecule has 0 amide bonds. The molecule has 21 heavy (non-hydrogen) atoms. The van der Waals surface area contributed by atoms with Gasteiger partial charge in [0.2, 0.25) is 0 Å². The Morgan fingerprint density at radius 3 is 1.62 bits per heavy atom. The molecule has 0 aliphatic rings. The summed E-state index contributed by atoms with van der Waals surface area (Å²) in [5, 5.41) is 12.0. The first-order valence-electron chi connectivity index (χ1n) is 9.15. The number of unbranched alkanes of at least 4 members (excludes halogenated alkanes) is 11. The quantitative estimate of drug-likeness (QED) is 0.369. The molecule has 0 saturated carbocycles. The molecule has 0 fully saturated rings. The Balaban J connectivity index is 0. The van der Waals surface area contributed by atoms with Crippen molar-refractivity contribution in [2.24, 2.45) is 0 Å². The standard InChI is InChI=1S/C18H39NO.ClH/c1-3-4-5-6-7-8-9-10-11-12-13-14-15-18(2)19-16-17-20;/h18-20H,3-17H2,1-2H3;1H. The van der Waals surface area contributed by atoms with Crippen molar-refractivity contribution in [1.29, 1.82) is 0 Å². The van der Waals surface area contributed by atoms with Crippen molar-refractivity contribution in [3.63, 3.8) is 0 Å². The van der Waals surface area contributed by atoms with E-state index < -0.39 is 0 Å². The van der Waals surface area contributed by atoms with Crippen LogP contribution in [0.2, 0.25) is 0 Å². The number of nitrogens with one attached hydrogen (secondary N) is 1. The van der Waals surface area contributed by atoms with Gasteiger partial charge in [-0.05, 0) is 13.3 Å². The van der Waals surface area contributed by atoms with E-state index in [2.05, 4.69) is 19.2 Å². The molecule has 0 heterocycles. The second-order valence-electron chi connectivity index (χ2n) is 6.26. The van der Waals surface area contributed by atoms with E-state index >= 15 is 0 Å². The van der Waals surface area contributed by atoms with Gasteiger partial charge in [0, 0.05) is 12.6 Å². The summed E-state index contributed by atoms with van der Waals surface area (Å²) >= 11 is 0. The Hall–Kier alpha value is 0.210. The van der Waals surface area contributed by atoms with Gasteiger partial charge in [-0.15, -0.1) is 12.4 Å². The van der Waals surface area contributed by atoms with Gasteiger partial charge < -0.3 is 10.4 Å². The highest BCUT2D eigenvalue weighted by atomic mass is 35.5. The second kappa shape index (κ2) is 20.2. The maximum absolute atomic E-state index is 8.73. The predicted octanol–water partition coefficient (Wildman–Crippen LogP) is 5.47. The van der Waals surface area contributed by atoms with Gasteiger partial charge in [0.25, 0.3) is 0 Å². The number of halogens is 1. The molecular weight excluding hydrogens is 282 g/mol. The molecule has 0 aliphatic heterocycles. The van der Waals surface area contributed by atoms with E-state index in [1.165, 1.54) is 83.5 Å². The van der Waals surface area contributed by atoms with Crippen LogP contribution in [0.3, 0.4) is 0 Å². The molecule has 0 bridgehead atoms. The Morgan fingerprint density at radius 1 is 0.762 bits per heavy atom. The molecule has 3 heteroatoms. The molecule has 0 aromatic carbocycles. The normalized spacial score (nSPS) is 12.1. The lowest BCUT2D eigenvalue weighted by molar-refractivity contribution is 0.283. The molecular formula is C18H40ClNO. The highest BCUT2D eigenvalue weighted by Crippen LogP contribution is 2.12. The van der Waals surface area contributed by atoms with Crippen LogP contribution in [-0.4, -0.2) is 24.3 Å². The van der Waals surface area contributed by atoms with Crippen molar-refractivity contribution in [2.45, 2.75) is 103 Å². The van der Waals surface area contributed by atoms with Crippen LogP contribution in [0.1, 0.15) is 97.3 Å². The van der Waals surface area contributed by atoms with Crippen LogP contribution in [0, 0.1) is 0 Å². The zero-order valence-electron chi connectivity index (χ0n) is 14.5. The fraction of sp³-hybridized carbons (Fsp3) is 1.00. The lowest BCUT2D eigenvalue weighted by Gasteiger charge is -2.12. The Kier molecular flexibility index (Phi) is 22.6. The summed E-state index contributed by atoms with van der Waals surface area (Å²) in [6, 6.07) is 0.560. The van der Waals surface area contributed by atoms with Gasteiger partial charge in [0.15, 0.2) is 0 Å². The van der Waals surface area contributed by atoms with Crippen molar-refractivity contribution in [2.75, 3.05) is 13.2 Å². The SMILES string of the molecule is CCCCCCCCCCCCCCC(C)NCCO.Cl. The summed E-state index contributed by atoms with van der Waals surface area (Å²) in [6.07, 6.45) is 18.2. The number of rotatable bonds is 16. The zero-order valence-corrected chi connectivity index (χ0v) is 15.4. The van der Waals surface area contributed by atoms with Crippen LogP contribution in [0.25, 0.3) is 0 Å². The maximum atomic E-state index is 8.73. The number of hydrogen-bond acceptors (Lipinski definition) is 2. The first-order valence-corrected chi connectivity index (χ1v) is 9.15. The van der Waals surface area contributed by atoms with Gasteiger partial charge in [-0.25, -0.2) is 0 Å². The zero-order chi connectivity index (χ0) is 14.9. The molecule has 0 radical (unpaired) electrons. The summed E-state index contributed by atoms with van der Waals surface area (Å²) in [6.45, 7) is 5.49. The molecule has 1 unspecified atom stereocenters. The summed E-state index contributed by atoms with van der Waals surface area (Å²) in [5.41, 5.74) is 0. The summed E-state index contributed by atoms with van der Waals surface area (Å²) < 4.78 is 0. The Morgan fingerprint density at radius 2 is 1.19 bits per heavy atom. The van der Waals surface area contributed by atoms with Gasteiger partial charge in [-0.3, -0.25) is 0 Å². The van der Waals surface area contributed by atoms with Crippen molar-refractivity contribution in [3.05, 3.63) is 0 Å². The molecule has 1 atom stereocenters. The number of aliphatic hydroxyl groups excluding tert-OH is 1. The molecule has 130 valence electrons. The topological polar surface area (TPSA) is 32.3 Å². The van der Waals surface area contributed by atoms with Crippen molar-refractivity contribution < 1.29 is 5.11 Å². The summed E-state index contributed by atoms with van der Waals surface area (Å²) in [5.74, 6) is 0. The highest BCUT2D eigenvalue weighted by Gasteiger charge is 1.99. The van der Waals surface area contributed by atoms with E-state index in [0.29, 0.717) is 6.04 Å². The molecule has 0 aromatic heterocycles. The third-order valence-electron chi connectivity index (χ3n) is 4.10. The van der Waals surface area contributed by atoms with Crippen molar-refractivity contribution >= 4 is 12.4 Å². The van der Waals surface area contributed by atoms with E-state index in [-0.39, 0.29) is 19.0 Å². The van der Waals surface area contributed by atoms with Gasteiger partial charge in [0.1, 0.15) is 0 Å². The fourth-order valence-corrected chi connectivity index (χ4v) is 2.70. The first-order chi connectivity index (χ1) is 9.81. The summed E-state index contributed by atoms with van der Waals surface area (Å²) in [4.78, 5) is 0. The molecule has 2 nitrogen and oxygen atoms in total. The predicted molar refractivity (Wildman–Crippen MR) is 97.5 cm³/mol. The van der Waals surface area contributed by atoms with Crippen LogP contribution in [-0.2, 0) is 0 Å². The van der Waals surface area contributed by atoms with Crippen molar-refractivity contribution in [1.82, 2.24) is 5.32 Å². The Labute approximate surface area is 139 Å². The van der Waals surface area contributed by atoms with E-state index in [1.54, 1.807) is 0 Å². The van der Waals surface area contributed by atoms with E-state index in [9.17, 15) is 0 Å². The monoisotopic (exact) mass is 321 g/mol. The van der Waals surface area contributed by atoms with Crippen molar-refractivity contribution in [3.8, 4) is 0 Å². The lowest BCUT2D eigenvalue weighted by Crippen LogP contribution is -2.28. The van der Waals surface area contributed by atoms with E-state index in [1.807, 2.05) is 0 Å². The largest absolute Gasteiger partial charge is 0.395 e. The van der Waals surface area contributed by atoms with Crippen LogP contribution < -0.4 is 5.32 Å². The van der Waals surface area contributed by atoms with Gasteiger partial charge in [-0.1, -0.05) is 84.0 Å². The minimum atomic E-state index is 0. The van der Waals surface area contributed by atoms with Gasteiger partial charge in [0.05, 0.1) is 6.61 Å². The van der Waals surface area contributed by atoms with Gasteiger partial charge >= 0.3 is 0 Å². The van der Waals surface area contributed by atoms with Crippen LogP contribution in [0.4, 0.5) is 0 Å². The highest BCUT2D eigenvalue weighted by molar-refractivity contribution is 5.85. The number of aliphatic hydroxyl groups is 1. The smallest absolute Gasteiger partial charge is 0.0556 e. The Bertz CT molecular complexity index is 179. The van der Waals surface area contributed by atoms with Crippen LogP contribution in [0.5, 0.6) is 0 Å². The maximum Gasteiger partial charge on any atom is 0.0556 e. The molecule has 0 rings (SSSR count). The van der Waals surface area contributed by atoms with Crippen LogP contribution >= 0.6 is 12.4 Å². The van der Waals surface area contributed by atoms with Crippen LogP contribution in [0.15, 0.2) is 0 Å². The molecule has 0 aliphatic carbocycles. The fourth-order valence-electron chi connectivity index (χ4n) is 2.70. The average molecular weight is 322 g/mol. The third-order valence-corrected chi connectivity index (χ3v) is 4.10. The lowest BCUT2D eigenvalue weighted by atomic mass is 10.0. The molecule has 0 aromatic rings.